The smallest absolute Gasteiger partial charge is 0.479 e. The average molecular weight is 324 g/mol. The number of nitrogens with zero attached hydrogens (tertiary/aromatic N) is 1. The average Bonchev–Trinajstić information content (AvgIpc) is 2.48. The van der Waals surface area contributed by atoms with Crippen molar-refractivity contribution in [3.8, 4) is 0 Å². The summed E-state index contributed by atoms with van der Waals surface area (Å²) >= 11 is -0.789. The molecule has 0 spiro atoms. The normalized spacial score (nSPS) is 9.33. The summed E-state index contributed by atoms with van der Waals surface area (Å²) < 4.78 is 19.9. The van der Waals surface area contributed by atoms with Crippen molar-refractivity contribution >= 4 is 45.4 Å². The largest absolute Gasteiger partial charge is 0.649 e. The van der Waals surface area contributed by atoms with Crippen molar-refractivity contribution in [3.05, 3.63) is 29.6 Å². The van der Waals surface area contributed by atoms with Gasteiger partial charge in [0.05, 0.1) is 19.8 Å². The molecule has 0 aromatic carbocycles. The van der Waals surface area contributed by atoms with E-state index in [0.717, 1.165) is 11.3 Å². The van der Waals surface area contributed by atoms with Crippen LogP contribution in [0.4, 0.5) is 0 Å². The SMILES string of the molecule is COCC[O][AlH][O]CCOC.Cc1ccc(CO)cn1.[Na]. The summed E-state index contributed by atoms with van der Waals surface area (Å²) in [4.78, 5) is 3.99. The standard InChI is InChI=1S/C7H9NO.2C3H7O2.Al.Na.H/c1-6-2-3-7(5-9)4-8-6;2*1-5-3-2-4;;;/h2-4,9H,5H2,1H3;2*2-3H2,1H3;;;/q;2*-1;+2;;. The summed E-state index contributed by atoms with van der Waals surface area (Å²) in [6.07, 6.45) is 1.68. The van der Waals surface area contributed by atoms with Gasteiger partial charge in [-0.15, -0.1) is 0 Å². The van der Waals surface area contributed by atoms with Gasteiger partial charge in [-0.25, -0.2) is 0 Å². The van der Waals surface area contributed by atoms with Crippen molar-refractivity contribution in [1.29, 1.82) is 0 Å². The van der Waals surface area contributed by atoms with Crippen molar-refractivity contribution in [2.45, 2.75) is 13.5 Å². The summed E-state index contributed by atoms with van der Waals surface area (Å²) in [7, 11) is 3.30. The molecule has 0 aliphatic heterocycles. The fraction of sp³-hybridized carbons (Fsp3) is 0.615. The summed E-state index contributed by atoms with van der Waals surface area (Å²) in [6, 6.07) is 3.74. The van der Waals surface area contributed by atoms with Crippen LogP contribution in [0.3, 0.4) is 0 Å². The molecule has 0 fully saturated rings. The zero-order valence-electron chi connectivity index (χ0n) is 13.5. The van der Waals surface area contributed by atoms with Crippen LogP contribution < -0.4 is 0 Å². The molecule has 1 aromatic heterocycles. The van der Waals surface area contributed by atoms with Gasteiger partial charge in [0.2, 0.25) is 0 Å². The molecule has 0 atom stereocenters. The van der Waals surface area contributed by atoms with Gasteiger partial charge in [0.25, 0.3) is 0 Å². The van der Waals surface area contributed by atoms with Crippen molar-refractivity contribution in [2.75, 3.05) is 40.6 Å². The van der Waals surface area contributed by atoms with Crippen molar-refractivity contribution in [1.82, 2.24) is 4.98 Å². The zero-order chi connectivity index (χ0) is 15.1. The third-order valence-corrected chi connectivity index (χ3v) is 3.10. The Morgan fingerprint density at radius 2 is 1.62 bits per heavy atom. The fourth-order valence-electron chi connectivity index (χ4n) is 1.05. The third kappa shape index (κ3) is 16.7. The molecule has 115 valence electrons. The van der Waals surface area contributed by atoms with E-state index in [1.54, 1.807) is 20.4 Å². The molecule has 6 nitrogen and oxygen atoms in total. The van der Waals surface area contributed by atoms with Gasteiger partial charge >= 0.3 is 15.9 Å². The molecular formula is C13H24AlNNaO5. The molecule has 1 aromatic rings. The molecular weight excluding hydrogens is 300 g/mol. The Morgan fingerprint density at radius 1 is 1.05 bits per heavy atom. The molecule has 0 saturated carbocycles. The first-order valence-corrected chi connectivity index (χ1v) is 7.55. The second kappa shape index (κ2) is 18.5. The number of aryl methyl sites for hydroxylation is 1. The Balaban J connectivity index is 0. The monoisotopic (exact) mass is 324 g/mol. The van der Waals surface area contributed by atoms with Crippen LogP contribution >= 0.6 is 0 Å². The van der Waals surface area contributed by atoms with Crippen LogP contribution in [0.1, 0.15) is 11.3 Å². The molecule has 1 radical (unpaired) electrons. The Labute approximate surface area is 155 Å². The summed E-state index contributed by atoms with van der Waals surface area (Å²) in [5.74, 6) is 0. The summed E-state index contributed by atoms with van der Waals surface area (Å²) in [6.45, 7) is 4.54. The van der Waals surface area contributed by atoms with E-state index in [2.05, 4.69) is 4.98 Å². The fourth-order valence-corrected chi connectivity index (χ4v) is 1.64. The number of aliphatic hydroxyl groups excluding tert-OH is 1. The molecule has 1 heterocycles. The number of aliphatic hydroxyl groups is 1. The Bertz CT molecular complexity index is 308. The molecule has 1 rings (SSSR count). The first kappa shape index (κ1) is 23.7. The first-order chi connectivity index (χ1) is 9.74. The molecule has 0 aliphatic rings. The number of pyridine rings is 1. The van der Waals surface area contributed by atoms with Gasteiger partial charge < -0.3 is 22.2 Å². The molecule has 0 bridgehead atoms. The second-order valence-corrected chi connectivity index (χ2v) is 4.94. The van der Waals surface area contributed by atoms with E-state index < -0.39 is 15.9 Å². The molecule has 1 N–H and O–H groups in total. The van der Waals surface area contributed by atoms with Crippen molar-refractivity contribution in [3.63, 3.8) is 0 Å². The van der Waals surface area contributed by atoms with Crippen LogP contribution in [0.2, 0.25) is 0 Å². The third-order valence-electron chi connectivity index (χ3n) is 2.19. The quantitative estimate of drug-likeness (QED) is 0.512. The second-order valence-electron chi connectivity index (χ2n) is 3.89. The van der Waals surface area contributed by atoms with Crippen LogP contribution in [0.25, 0.3) is 0 Å². The molecule has 21 heavy (non-hydrogen) atoms. The van der Waals surface area contributed by atoms with Gasteiger partial charge in [0.15, 0.2) is 0 Å². The van der Waals surface area contributed by atoms with Crippen molar-refractivity contribution in [2.24, 2.45) is 0 Å². The van der Waals surface area contributed by atoms with E-state index in [1.807, 2.05) is 19.1 Å². The summed E-state index contributed by atoms with van der Waals surface area (Å²) in [5.41, 5.74) is 1.84. The number of hydrogen-bond acceptors (Lipinski definition) is 6. The predicted molar refractivity (Wildman–Crippen MR) is 83.5 cm³/mol. The first-order valence-electron chi connectivity index (χ1n) is 6.40. The Hall–Kier alpha value is 0.482. The van der Waals surface area contributed by atoms with E-state index in [0.29, 0.717) is 26.4 Å². The van der Waals surface area contributed by atoms with Gasteiger partial charge in [-0.2, -0.15) is 0 Å². The maximum atomic E-state index is 8.59. The van der Waals surface area contributed by atoms with E-state index in [1.165, 1.54) is 0 Å². The van der Waals surface area contributed by atoms with Crippen LogP contribution in [-0.4, -0.2) is 96.2 Å². The minimum absolute atomic E-state index is 0. The van der Waals surface area contributed by atoms with Crippen LogP contribution in [0.5, 0.6) is 0 Å². The maximum absolute atomic E-state index is 8.59. The molecule has 8 heteroatoms. The van der Waals surface area contributed by atoms with Gasteiger partial charge in [-0.1, -0.05) is 6.07 Å². The number of ether oxygens (including phenoxy) is 2. The van der Waals surface area contributed by atoms with Crippen LogP contribution in [-0.2, 0) is 23.7 Å². The Kier molecular flexibility index (Phi) is 21.0. The van der Waals surface area contributed by atoms with Crippen molar-refractivity contribution < 1.29 is 22.2 Å². The summed E-state index contributed by atoms with van der Waals surface area (Å²) in [5, 5.41) is 8.59. The number of hydrogen-bond donors (Lipinski definition) is 1. The van der Waals surface area contributed by atoms with Gasteiger partial charge in [0.1, 0.15) is 0 Å². The number of rotatable bonds is 9. The molecule has 0 aliphatic carbocycles. The van der Waals surface area contributed by atoms with Gasteiger partial charge in [0, 0.05) is 68.9 Å². The zero-order valence-corrected chi connectivity index (χ0v) is 16.9. The topological polar surface area (TPSA) is 70.0 Å². The molecule has 0 saturated heterocycles. The minimum atomic E-state index is -0.789. The van der Waals surface area contributed by atoms with E-state index >= 15 is 0 Å². The molecule has 0 unspecified atom stereocenters. The minimum Gasteiger partial charge on any atom is -0.479 e. The Morgan fingerprint density at radius 3 is 2.00 bits per heavy atom. The van der Waals surface area contributed by atoms with E-state index in [-0.39, 0.29) is 36.2 Å². The maximum Gasteiger partial charge on any atom is 0.649 e. The van der Waals surface area contributed by atoms with E-state index in [4.69, 9.17) is 22.2 Å². The van der Waals surface area contributed by atoms with Crippen LogP contribution in [0, 0.1) is 6.92 Å². The van der Waals surface area contributed by atoms with Gasteiger partial charge in [-0.3, -0.25) is 4.98 Å². The number of aromatic nitrogens is 1. The van der Waals surface area contributed by atoms with E-state index in [9.17, 15) is 0 Å². The predicted octanol–water partition coefficient (Wildman–Crippen LogP) is 0.0804. The van der Waals surface area contributed by atoms with Crippen LogP contribution in [0.15, 0.2) is 18.3 Å². The number of methoxy groups -OCH3 is 2. The van der Waals surface area contributed by atoms with Gasteiger partial charge in [-0.05, 0) is 18.6 Å². The molecule has 0 amide bonds.